The lowest BCUT2D eigenvalue weighted by molar-refractivity contribution is 0.619. The summed E-state index contributed by atoms with van der Waals surface area (Å²) in [6.07, 6.45) is 0. The second-order valence-electron chi connectivity index (χ2n) is 4.44. The maximum absolute atomic E-state index is 13.2. The Bertz CT molecular complexity index is 581. The Morgan fingerprint density at radius 1 is 1.17 bits per heavy atom. The predicted octanol–water partition coefficient (Wildman–Crippen LogP) is 4.25. The summed E-state index contributed by atoms with van der Waals surface area (Å²) in [4.78, 5) is 0. The number of nitrogens with two attached hydrogens (primary N) is 1. The minimum absolute atomic E-state index is 0.234. The van der Waals surface area contributed by atoms with E-state index < -0.39 is 0 Å². The number of benzene rings is 2. The molecule has 0 spiro atoms. The normalized spacial score (nSPS) is 12.5. The van der Waals surface area contributed by atoms with E-state index in [2.05, 4.69) is 35.8 Å². The van der Waals surface area contributed by atoms with Crippen molar-refractivity contribution in [2.24, 2.45) is 5.73 Å². The molecule has 1 nitrogen and oxygen atoms in total. The molecule has 0 saturated carbocycles. The van der Waals surface area contributed by atoms with Gasteiger partial charge in [-0.15, -0.1) is 0 Å². The molecule has 0 fully saturated rings. The van der Waals surface area contributed by atoms with Crippen molar-refractivity contribution in [1.82, 2.24) is 0 Å². The number of rotatable bonds is 2. The first-order valence-corrected chi connectivity index (χ1v) is 6.56. The van der Waals surface area contributed by atoms with E-state index in [0.717, 1.165) is 11.1 Å². The van der Waals surface area contributed by atoms with Crippen molar-refractivity contribution in [2.75, 3.05) is 0 Å². The Kier molecular flexibility index (Phi) is 3.83. The van der Waals surface area contributed by atoms with Gasteiger partial charge in [0.2, 0.25) is 0 Å². The highest BCUT2D eigenvalue weighted by Crippen LogP contribution is 2.27. The molecule has 0 aromatic heterocycles. The summed E-state index contributed by atoms with van der Waals surface area (Å²) < 4.78 is 13.7. The van der Waals surface area contributed by atoms with Crippen molar-refractivity contribution in [2.45, 2.75) is 19.9 Å². The van der Waals surface area contributed by atoms with Crippen LogP contribution in [0.25, 0.3) is 0 Å². The molecule has 0 bridgehead atoms. The molecule has 0 saturated heterocycles. The van der Waals surface area contributed by atoms with Crippen LogP contribution in [0.4, 0.5) is 4.39 Å². The minimum Gasteiger partial charge on any atom is -0.320 e. The lowest BCUT2D eigenvalue weighted by atomic mass is 9.93. The molecule has 1 atom stereocenters. The molecule has 0 aliphatic carbocycles. The number of hydrogen-bond donors (Lipinski definition) is 1. The van der Waals surface area contributed by atoms with Crippen molar-refractivity contribution in [3.63, 3.8) is 0 Å². The molecule has 18 heavy (non-hydrogen) atoms. The third kappa shape index (κ3) is 2.47. The Hall–Kier alpha value is -1.19. The van der Waals surface area contributed by atoms with Crippen molar-refractivity contribution < 1.29 is 4.39 Å². The van der Waals surface area contributed by atoms with Gasteiger partial charge in [-0.05, 0) is 64.2 Å². The zero-order valence-corrected chi connectivity index (χ0v) is 12.0. The van der Waals surface area contributed by atoms with Crippen LogP contribution in [0.5, 0.6) is 0 Å². The van der Waals surface area contributed by atoms with Gasteiger partial charge in [0.1, 0.15) is 5.82 Å². The molecule has 0 amide bonds. The molecule has 0 heterocycles. The summed E-state index contributed by atoms with van der Waals surface area (Å²) >= 11 is 3.19. The smallest absolute Gasteiger partial charge is 0.137 e. The number of hydrogen-bond acceptors (Lipinski definition) is 1. The monoisotopic (exact) mass is 307 g/mol. The molecular formula is C15H15BrFN. The van der Waals surface area contributed by atoms with Crippen LogP contribution in [-0.4, -0.2) is 0 Å². The molecule has 1 unspecified atom stereocenters. The molecule has 0 aliphatic rings. The standard InChI is InChI=1S/C15H15BrFN/c1-9-4-3-5-12(10(9)2)15(18)11-6-7-14(17)13(16)8-11/h3-8,15H,18H2,1-2H3. The molecule has 2 aromatic rings. The Morgan fingerprint density at radius 2 is 1.89 bits per heavy atom. The second-order valence-corrected chi connectivity index (χ2v) is 5.29. The van der Waals surface area contributed by atoms with Crippen LogP contribution in [0.15, 0.2) is 40.9 Å². The van der Waals surface area contributed by atoms with E-state index in [9.17, 15) is 4.39 Å². The van der Waals surface area contributed by atoms with E-state index in [-0.39, 0.29) is 11.9 Å². The summed E-state index contributed by atoms with van der Waals surface area (Å²) in [5.74, 6) is -0.271. The Morgan fingerprint density at radius 3 is 2.56 bits per heavy atom. The largest absolute Gasteiger partial charge is 0.320 e. The quantitative estimate of drug-likeness (QED) is 0.881. The first kappa shape index (κ1) is 13.2. The van der Waals surface area contributed by atoms with E-state index in [1.54, 1.807) is 12.1 Å². The van der Waals surface area contributed by atoms with Crippen molar-refractivity contribution in [1.29, 1.82) is 0 Å². The molecule has 0 radical (unpaired) electrons. The highest BCUT2D eigenvalue weighted by atomic mass is 79.9. The zero-order valence-electron chi connectivity index (χ0n) is 10.4. The summed E-state index contributed by atoms with van der Waals surface area (Å²) in [7, 11) is 0. The fourth-order valence-electron chi connectivity index (χ4n) is 2.00. The highest BCUT2D eigenvalue weighted by Gasteiger charge is 2.13. The fourth-order valence-corrected chi connectivity index (χ4v) is 2.39. The SMILES string of the molecule is Cc1cccc(C(N)c2ccc(F)c(Br)c2)c1C. The van der Waals surface area contributed by atoms with Gasteiger partial charge >= 0.3 is 0 Å². The van der Waals surface area contributed by atoms with Crippen LogP contribution in [0.1, 0.15) is 28.3 Å². The summed E-state index contributed by atoms with van der Waals surface area (Å²) in [5.41, 5.74) is 10.6. The van der Waals surface area contributed by atoms with Crippen molar-refractivity contribution >= 4 is 15.9 Å². The molecule has 3 heteroatoms. The van der Waals surface area contributed by atoms with Crippen LogP contribution in [0, 0.1) is 19.7 Å². The predicted molar refractivity (Wildman–Crippen MR) is 76.0 cm³/mol. The summed E-state index contributed by atoms with van der Waals surface area (Å²) in [5, 5.41) is 0. The molecule has 94 valence electrons. The van der Waals surface area contributed by atoms with Crippen LogP contribution in [0.3, 0.4) is 0 Å². The Balaban J connectivity index is 2.44. The lowest BCUT2D eigenvalue weighted by Gasteiger charge is -2.17. The molecule has 2 N–H and O–H groups in total. The number of halogens is 2. The third-order valence-corrected chi connectivity index (χ3v) is 3.89. The average Bonchev–Trinajstić information content (AvgIpc) is 2.35. The van der Waals surface area contributed by atoms with E-state index in [1.807, 2.05) is 12.1 Å². The summed E-state index contributed by atoms with van der Waals surface area (Å²) in [6.45, 7) is 4.12. The zero-order chi connectivity index (χ0) is 13.3. The van der Waals surface area contributed by atoms with E-state index >= 15 is 0 Å². The molecule has 0 aliphatic heterocycles. The first-order chi connectivity index (χ1) is 8.50. The van der Waals surface area contributed by atoms with Crippen molar-refractivity contribution in [3.05, 3.63) is 68.9 Å². The van der Waals surface area contributed by atoms with Gasteiger partial charge in [0.25, 0.3) is 0 Å². The van der Waals surface area contributed by atoms with Gasteiger partial charge < -0.3 is 5.73 Å². The van der Waals surface area contributed by atoms with Crippen LogP contribution in [-0.2, 0) is 0 Å². The van der Waals surface area contributed by atoms with Gasteiger partial charge in [-0.2, -0.15) is 0 Å². The molecular weight excluding hydrogens is 293 g/mol. The van der Waals surface area contributed by atoms with Gasteiger partial charge in [-0.3, -0.25) is 0 Å². The molecule has 2 rings (SSSR count). The summed E-state index contributed by atoms with van der Waals surface area (Å²) in [6, 6.07) is 10.7. The number of aryl methyl sites for hydroxylation is 1. The van der Waals surface area contributed by atoms with Gasteiger partial charge in [0, 0.05) is 0 Å². The van der Waals surface area contributed by atoms with E-state index in [0.29, 0.717) is 4.47 Å². The minimum atomic E-state index is -0.271. The van der Waals surface area contributed by atoms with Gasteiger partial charge in [0.15, 0.2) is 0 Å². The van der Waals surface area contributed by atoms with E-state index in [4.69, 9.17) is 5.73 Å². The fraction of sp³-hybridized carbons (Fsp3) is 0.200. The van der Waals surface area contributed by atoms with Gasteiger partial charge in [-0.25, -0.2) is 4.39 Å². The van der Waals surface area contributed by atoms with E-state index in [1.165, 1.54) is 17.2 Å². The Labute approximate surface area is 115 Å². The lowest BCUT2D eigenvalue weighted by Crippen LogP contribution is -2.13. The van der Waals surface area contributed by atoms with Gasteiger partial charge in [-0.1, -0.05) is 24.3 Å². The topological polar surface area (TPSA) is 26.0 Å². The van der Waals surface area contributed by atoms with Crippen molar-refractivity contribution in [3.8, 4) is 0 Å². The van der Waals surface area contributed by atoms with Crippen LogP contribution in [0.2, 0.25) is 0 Å². The third-order valence-electron chi connectivity index (χ3n) is 3.28. The average molecular weight is 308 g/mol. The molecule has 2 aromatic carbocycles. The van der Waals surface area contributed by atoms with Crippen LogP contribution < -0.4 is 5.73 Å². The highest BCUT2D eigenvalue weighted by molar-refractivity contribution is 9.10. The first-order valence-electron chi connectivity index (χ1n) is 5.77. The maximum Gasteiger partial charge on any atom is 0.137 e. The second kappa shape index (κ2) is 5.21. The van der Waals surface area contributed by atoms with Crippen LogP contribution >= 0.6 is 15.9 Å². The van der Waals surface area contributed by atoms with Gasteiger partial charge in [0.05, 0.1) is 10.5 Å². The maximum atomic E-state index is 13.2.